The van der Waals surface area contributed by atoms with E-state index in [1.807, 2.05) is 0 Å². The SMILES string of the molecule is C=C(OC)P(=O)(OC)OC. The van der Waals surface area contributed by atoms with Crippen molar-refractivity contribution in [1.82, 2.24) is 0 Å². The molecular formula is C5H11O4P. The number of rotatable bonds is 4. The second kappa shape index (κ2) is 3.76. The molecule has 0 amide bonds. The molecule has 0 spiro atoms. The van der Waals surface area contributed by atoms with E-state index in [1.54, 1.807) is 0 Å². The van der Waals surface area contributed by atoms with Crippen LogP contribution in [-0.4, -0.2) is 21.3 Å². The second-order valence-electron chi connectivity index (χ2n) is 1.46. The highest BCUT2D eigenvalue weighted by Gasteiger charge is 2.26. The largest absolute Gasteiger partial charge is 0.490 e. The molecule has 0 aliphatic rings. The standard InChI is InChI=1S/C5H11O4P/c1-5(7-2)10(6,8-3)9-4/h1H2,2-4H3. The van der Waals surface area contributed by atoms with E-state index in [1.165, 1.54) is 21.3 Å². The van der Waals surface area contributed by atoms with Gasteiger partial charge in [0.1, 0.15) is 0 Å². The average molecular weight is 166 g/mol. The Labute approximate surface area is 60.3 Å². The van der Waals surface area contributed by atoms with Crippen LogP contribution in [0.1, 0.15) is 0 Å². The Morgan fingerprint density at radius 3 is 1.80 bits per heavy atom. The molecule has 0 radical (unpaired) electrons. The lowest BCUT2D eigenvalue weighted by atomic mass is 11.1. The van der Waals surface area contributed by atoms with Crippen LogP contribution in [0.2, 0.25) is 0 Å². The third-order valence-electron chi connectivity index (χ3n) is 1.02. The summed E-state index contributed by atoms with van der Waals surface area (Å²) in [5, 5.41) is 0. The maximum atomic E-state index is 11.2. The lowest BCUT2D eigenvalue weighted by Crippen LogP contribution is -1.92. The van der Waals surface area contributed by atoms with Crippen molar-refractivity contribution in [3.63, 3.8) is 0 Å². The van der Waals surface area contributed by atoms with Crippen LogP contribution in [0, 0.1) is 0 Å². The Hall–Kier alpha value is -0.310. The molecule has 4 nitrogen and oxygen atoms in total. The van der Waals surface area contributed by atoms with Crippen molar-refractivity contribution in [3.05, 3.63) is 12.1 Å². The fraction of sp³-hybridized carbons (Fsp3) is 0.600. The lowest BCUT2D eigenvalue weighted by molar-refractivity contribution is 0.239. The van der Waals surface area contributed by atoms with Crippen molar-refractivity contribution in [2.45, 2.75) is 0 Å². The summed E-state index contributed by atoms with van der Waals surface area (Å²) in [5.74, 6) is 0. The van der Waals surface area contributed by atoms with E-state index in [4.69, 9.17) is 0 Å². The highest BCUT2D eigenvalue weighted by molar-refractivity contribution is 7.58. The van der Waals surface area contributed by atoms with Gasteiger partial charge in [0, 0.05) is 14.2 Å². The molecule has 0 fully saturated rings. The first-order valence-electron chi connectivity index (χ1n) is 2.55. The van der Waals surface area contributed by atoms with Gasteiger partial charge in [-0.3, -0.25) is 4.57 Å². The molecule has 10 heavy (non-hydrogen) atoms. The molecule has 0 bridgehead atoms. The van der Waals surface area contributed by atoms with Gasteiger partial charge < -0.3 is 13.8 Å². The summed E-state index contributed by atoms with van der Waals surface area (Å²) in [4.78, 5) is 0. The Morgan fingerprint density at radius 2 is 1.70 bits per heavy atom. The van der Waals surface area contributed by atoms with Crippen molar-refractivity contribution in [3.8, 4) is 0 Å². The number of hydrogen-bond donors (Lipinski definition) is 0. The number of methoxy groups -OCH3 is 1. The molecule has 0 saturated carbocycles. The van der Waals surface area contributed by atoms with Crippen LogP contribution in [0.5, 0.6) is 0 Å². The summed E-state index contributed by atoms with van der Waals surface area (Å²) in [6, 6.07) is 0. The first kappa shape index (κ1) is 9.69. The topological polar surface area (TPSA) is 44.8 Å². The normalized spacial score (nSPS) is 11.1. The molecule has 0 rings (SSSR count). The van der Waals surface area contributed by atoms with Crippen molar-refractivity contribution in [1.29, 1.82) is 0 Å². The highest BCUT2D eigenvalue weighted by Crippen LogP contribution is 2.53. The molecule has 0 aromatic carbocycles. The fourth-order valence-corrected chi connectivity index (χ4v) is 1.17. The smallest absolute Gasteiger partial charge is 0.394 e. The predicted octanol–water partition coefficient (Wildman–Crippen LogP) is 1.59. The summed E-state index contributed by atoms with van der Waals surface area (Å²) in [7, 11) is 0.710. The van der Waals surface area contributed by atoms with E-state index in [2.05, 4.69) is 20.4 Å². The van der Waals surface area contributed by atoms with Crippen molar-refractivity contribution < 1.29 is 18.3 Å². The average Bonchev–Trinajstić information content (AvgIpc) is 2.01. The van der Waals surface area contributed by atoms with Gasteiger partial charge in [-0.2, -0.15) is 0 Å². The highest BCUT2D eigenvalue weighted by atomic mass is 31.2. The van der Waals surface area contributed by atoms with Gasteiger partial charge >= 0.3 is 7.60 Å². The minimum absolute atomic E-state index is 0.0116. The zero-order valence-electron chi connectivity index (χ0n) is 6.29. The zero-order chi connectivity index (χ0) is 8.20. The number of hydrogen-bond acceptors (Lipinski definition) is 4. The molecule has 0 aromatic rings. The quantitative estimate of drug-likeness (QED) is 0.470. The van der Waals surface area contributed by atoms with Crippen molar-refractivity contribution in [2.75, 3.05) is 21.3 Å². The molecule has 0 atom stereocenters. The first-order valence-corrected chi connectivity index (χ1v) is 4.10. The van der Waals surface area contributed by atoms with Crippen LogP contribution in [0.3, 0.4) is 0 Å². The van der Waals surface area contributed by atoms with Gasteiger partial charge in [-0.25, -0.2) is 0 Å². The predicted molar refractivity (Wildman–Crippen MR) is 37.8 cm³/mol. The van der Waals surface area contributed by atoms with Gasteiger partial charge in [-0.05, 0) is 6.58 Å². The molecule has 0 saturated heterocycles. The Bertz CT molecular complexity index is 157. The monoisotopic (exact) mass is 166 g/mol. The zero-order valence-corrected chi connectivity index (χ0v) is 7.18. The molecule has 0 aliphatic heterocycles. The molecule has 0 aromatic heterocycles. The number of ether oxygens (including phenoxy) is 1. The Kier molecular flexibility index (Phi) is 3.64. The third-order valence-corrected chi connectivity index (χ3v) is 2.78. The summed E-state index contributed by atoms with van der Waals surface area (Å²) >= 11 is 0. The minimum atomic E-state index is -3.19. The molecule has 0 N–H and O–H groups in total. The van der Waals surface area contributed by atoms with Gasteiger partial charge in [0.25, 0.3) is 0 Å². The van der Waals surface area contributed by atoms with Crippen LogP contribution in [-0.2, 0) is 18.3 Å². The minimum Gasteiger partial charge on any atom is -0.490 e. The van der Waals surface area contributed by atoms with E-state index in [0.717, 1.165) is 0 Å². The van der Waals surface area contributed by atoms with Crippen LogP contribution in [0.15, 0.2) is 12.1 Å². The van der Waals surface area contributed by atoms with E-state index in [-0.39, 0.29) is 5.50 Å². The van der Waals surface area contributed by atoms with Crippen LogP contribution >= 0.6 is 7.60 Å². The third kappa shape index (κ3) is 1.84. The molecule has 0 aliphatic carbocycles. The van der Waals surface area contributed by atoms with E-state index in [0.29, 0.717) is 0 Å². The van der Waals surface area contributed by atoms with Gasteiger partial charge in [-0.1, -0.05) is 0 Å². The van der Waals surface area contributed by atoms with E-state index >= 15 is 0 Å². The molecule has 0 heterocycles. The van der Waals surface area contributed by atoms with Crippen LogP contribution < -0.4 is 0 Å². The van der Waals surface area contributed by atoms with Gasteiger partial charge in [-0.15, -0.1) is 0 Å². The first-order chi connectivity index (χ1) is 4.60. The van der Waals surface area contributed by atoms with E-state index in [9.17, 15) is 4.57 Å². The van der Waals surface area contributed by atoms with Gasteiger partial charge in [0.05, 0.1) is 7.11 Å². The fourth-order valence-electron chi connectivity index (χ4n) is 0.390. The molecular weight excluding hydrogens is 155 g/mol. The van der Waals surface area contributed by atoms with Crippen LogP contribution in [0.25, 0.3) is 0 Å². The molecule has 60 valence electrons. The van der Waals surface area contributed by atoms with E-state index < -0.39 is 7.60 Å². The summed E-state index contributed by atoms with van der Waals surface area (Å²) in [5.41, 5.74) is 0.0116. The Balaban J connectivity index is 4.34. The lowest BCUT2D eigenvalue weighted by Gasteiger charge is -2.13. The Morgan fingerprint density at radius 1 is 1.30 bits per heavy atom. The summed E-state index contributed by atoms with van der Waals surface area (Å²) < 4.78 is 24.9. The molecule has 0 unspecified atom stereocenters. The summed E-state index contributed by atoms with van der Waals surface area (Å²) in [6.07, 6.45) is 0. The van der Waals surface area contributed by atoms with Gasteiger partial charge in [0.15, 0.2) is 0 Å². The maximum Gasteiger partial charge on any atom is 0.394 e. The summed E-state index contributed by atoms with van der Waals surface area (Å²) in [6.45, 7) is 3.35. The van der Waals surface area contributed by atoms with Crippen LogP contribution in [0.4, 0.5) is 0 Å². The van der Waals surface area contributed by atoms with Crippen molar-refractivity contribution in [2.24, 2.45) is 0 Å². The maximum absolute atomic E-state index is 11.2. The molecule has 5 heteroatoms. The van der Waals surface area contributed by atoms with Crippen molar-refractivity contribution >= 4 is 7.60 Å². The van der Waals surface area contributed by atoms with Gasteiger partial charge in [0.2, 0.25) is 5.50 Å². The second-order valence-corrected chi connectivity index (χ2v) is 3.68.